The molecule has 1 atom stereocenters. The van der Waals surface area contributed by atoms with Gasteiger partial charge < -0.3 is 14.6 Å². The van der Waals surface area contributed by atoms with Crippen molar-refractivity contribution in [3.05, 3.63) is 83.4 Å². The van der Waals surface area contributed by atoms with Crippen LogP contribution in [0.15, 0.2) is 66.5 Å². The van der Waals surface area contributed by atoms with Gasteiger partial charge in [0.1, 0.15) is 11.6 Å². The number of hydrogen-bond donors (Lipinski definition) is 1. The van der Waals surface area contributed by atoms with Crippen LogP contribution in [-0.4, -0.2) is 41.0 Å². The Morgan fingerprint density at radius 2 is 1.66 bits per heavy atom. The van der Waals surface area contributed by atoms with Gasteiger partial charge in [-0.3, -0.25) is 14.5 Å². The second kappa shape index (κ2) is 8.46. The number of methoxy groups -OCH3 is 2. The summed E-state index contributed by atoms with van der Waals surface area (Å²) in [4.78, 5) is 35.4. The first-order valence-electron chi connectivity index (χ1n) is 9.52. The molecule has 0 aliphatic carbocycles. The van der Waals surface area contributed by atoms with Crippen LogP contribution in [0.3, 0.4) is 0 Å². The Kier molecular flexibility index (Phi) is 5.55. The van der Waals surface area contributed by atoms with E-state index in [-0.39, 0.29) is 17.1 Å². The van der Waals surface area contributed by atoms with E-state index < -0.39 is 29.3 Å². The Morgan fingerprint density at radius 3 is 2.28 bits per heavy atom. The predicted molar refractivity (Wildman–Crippen MR) is 113 cm³/mol. The van der Waals surface area contributed by atoms with E-state index in [4.69, 9.17) is 9.47 Å². The van der Waals surface area contributed by atoms with Gasteiger partial charge in [0.25, 0.3) is 5.78 Å². The molecule has 1 aromatic heterocycles. The van der Waals surface area contributed by atoms with Gasteiger partial charge in [-0.1, -0.05) is 6.07 Å². The molecule has 1 amide bonds. The molecular weight excluding hydrogens is 417 g/mol. The molecule has 162 valence electrons. The first-order chi connectivity index (χ1) is 15.5. The van der Waals surface area contributed by atoms with Gasteiger partial charge in [-0.2, -0.15) is 0 Å². The Labute approximate surface area is 182 Å². The van der Waals surface area contributed by atoms with Crippen molar-refractivity contribution >= 4 is 23.4 Å². The summed E-state index contributed by atoms with van der Waals surface area (Å²) >= 11 is 0. The lowest BCUT2D eigenvalue weighted by Gasteiger charge is -2.24. The monoisotopic (exact) mass is 435 g/mol. The number of ether oxygens (including phenoxy) is 2. The first kappa shape index (κ1) is 21.0. The minimum Gasteiger partial charge on any atom is -0.507 e. The lowest BCUT2D eigenvalue weighted by atomic mass is 9.95. The van der Waals surface area contributed by atoms with E-state index in [0.29, 0.717) is 17.1 Å². The molecule has 1 aliphatic heterocycles. The molecule has 9 heteroatoms. The summed E-state index contributed by atoms with van der Waals surface area (Å²) < 4.78 is 24.0. The molecule has 0 saturated carbocycles. The maximum absolute atomic E-state index is 13.4. The van der Waals surface area contributed by atoms with E-state index in [9.17, 15) is 19.1 Å². The minimum atomic E-state index is -1.05. The summed E-state index contributed by atoms with van der Waals surface area (Å²) in [5.41, 5.74) is 0.461. The quantitative estimate of drug-likeness (QED) is 0.373. The standard InChI is InChI=1S/C23H18FN3O5/c1-31-16-9-6-14(12-17(16)32-2)19-18(20(28)13-4-7-15(24)8-5-13)21(29)22(30)27(19)23-25-10-3-11-26-23/h3-12,19,28H,1-2H3/b20-18-. The number of Topliss-reactive ketones (excluding diaryl/α,β-unsaturated/α-hetero) is 1. The molecular formula is C23H18FN3O5. The number of anilines is 1. The van der Waals surface area contributed by atoms with Crippen LogP contribution in [0.25, 0.3) is 5.76 Å². The van der Waals surface area contributed by atoms with Crippen molar-refractivity contribution in [2.24, 2.45) is 0 Å². The highest BCUT2D eigenvalue weighted by molar-refractivity contribution is 6.51. The van der Waals surface area contributed by atoms with Gasteiger partial charge >= 0.3 is 5.91 Å². The van der Waals surface area contributed by atoms with Gasteiger partial charge in [-0.05, 0) is 48.0 Å². The third-order valence-electron chi connectivity index (χ3n) is 5.05. The molecule has 1 fully saturated rings. The van der Waals surface area contributed by atoms with Crippen molar-refractivity contribution in [3.63, 3.8) is 0 Å². The number of hydrogen-bond acceptors (Lipinski definition) is 7. The lowest BCUT2D eigenvalue weighted by Crippen LogP contribution is -2.31. The number of nitrogens with zero attached hydrogens (tertiary/aromatic N) is 3. The average Bonchev–Trinajstić information content (AvgIpc) is 3.09. The zero-order valence-corrected chi connectivity index (χ0v) is 17.2. The summed E-state index contributed by atoms with van der Waals surface area (Å²) in [7, 11) is 2.94. The number of rotatable bonds is 5. The summed E-state index contributed by atoms with van der Waals surface area (Å²) in [6.07, 6.45) is 2.88. The summed E-state index contributed by atoms with van der Waals surface area (Å²) in [6, 6.07) is 10.3. The molecule has 0 radical (unpaired) electrons. The topological polar surface area (TPSA) is 102 Å². The molecule has 1 N–H and O–H groups in total. The van der Waals surface area contributed by atoms with Crippen molar-refractivity contribution in [1.82, 2.24) is 9.97 Å². The fourth-order valence-electron chi connectivity index (χ4n) is 3.56. The average molecular weight is 435 g/mol. The van der Waals surface area contributed by atoms with Crippen molar-refractivity contribution in [1.29, 1.82) is 0 Å². The van der Waals surface area contributed by atoms with Crippen LogP contribution >= 0.6 is 0 Å². The van der Waals surface area contributed by atoms with Crippen LogP contribution in [0.1, 0.15) is 17.2 Å². The number of aliphatic hydroxyl groups is 1. The molecule has 2 aromatic carbocycles. The van der Waals surface area contributed by atoms with Gasteiger partial charge in [0, 0.05) is 18.0 Å². The predicted octanol–water partition coefficient (Wildman–Crippen LogP) is 3.26. The van der Waals surface area contributed by atoms with Crippen LogP contribution in [0.5, 0.6) is 11.5 Å². The van der Waals surface area contributed by atoms with Crippen molar-refractivity contribution in [2.75, 3.05) is 19.1 Å². The molecule has 0 spiro atoms. The first-order valence-corrected chi connectivity index (χ1v) is 9.52. The number of carbonyl (C=O) groups is 2. The number of benzene rings is 2. The summed E-state index contributed by atoms with van der Waals surface area (Å²) in [6.45, 7) is 0. The molecule has 4 rings (SSSR count). The zero-order valence-electron chi connectivity index (χ0n) is 17.2. The highest BCUT2D eigenvalue weighted by atomic mass is 19.1. The highest BCUT2D eigenvalue weighted by Crippen LogP contribution is 2.43. The summed E-state index contributed by atoms with van der Waals surface area (Å²) in [5.74, 6) is -1.96. The van der Waals surface area contributed by atoms with E-state index in [1.165, 1.54) is 38.7 Å². The SMILES string of the molecule is COc1ccc(C2/C(=C(/O)c3ccc(F)cc3)C(=O)C(=O)N2c2ncccn2)cc1OC. The Bertz CT molecular complexity index is 1210. The molecule has 8 nitrogen and oxygen atoms in total. The summed E-state index contributed by atoms with van der Waals surface area (Å²) in [5, 5.41) is 11.0. The number of aliphatic hydroxyl groups excluding tert-OH is 1. The lowest BCUT2D eigenvalue weighted by molar-refractivity contribution is -0.132. The van der Waals surface area contributed by atoms with Crippen LogP contribution in [0.4, 0.5) is 10.3 Å². The fraction of sp³-hybridized carbons (Fsp3) is 0.130. The molecule has 1 aliphatic rings. The van der Waals surface area contributed by atoms with Gasteiger partial charge in [-0.15, -0.1) is 0 Å². The molecule has 0 bridgehead atoms. The molecule has 3 aromatic rings. The minimum absolute atomic E-state index is 0.00691. The van der Waals surface area contributed by atoms with Crippen molar-refractivity contribution in [3.8, 4) is 11.5 Å². The molecule has 32 heavy (non-hydrogen) atoms. The van der Waals surface area contributed by atoms with E-state index in [1.807, 2.05) is 0 Å². The van der Waals surface area contributed by atoms with Crippen LogP contribution in [0, 0.1) is 5.82 Å². The van der Waals surface area contributed by atoms with Crippen LogP contribution in [0.2, 0.25) is 0 Å². The van der Waals surface area contributed by atoms with Crippen LogP contribution in [-0.2, 0) is 9.59 Å². The fourth-order valence-corrected chi connectivity index (χ4v) is 3.56. The van der Waals surface area contributed by atoms with Gasteiger partial charge in [0.05, 0.1) is 25.8 Å². The number of aromatic nitrogens is 2. The number of ketones is 1. The second-order valence-electron chi connectivity index (χ2n) is 6.84. The molecule has 2 heterocycles. The normalized spacial score (nSPS) is 17.5. The van der Waals surface area contributed by atoms with Gasteiger partial charge in [-0.25, -0.2) is 14.4 Å². The van der Waals surface area contributed by atoms with E-state index in [2.05, 4.69) is 9.97 Å². The van der Waals surface area contributed by atoms with E-state index in [0.717, 1.165) is 17.0 Å². The molecule has 1 unspecified atom stereocenters. The third kappa shape index (κ3) is 3.53. The van der Waals surface area contributed by atoms with Crippen molar-refractivity contribution < 1.29 is 28.6 Å². The van der Waals surface area contributed by atoms with Gasteiger partial charge in [0.2, 0.25) is 5.95 Å². The Morgan fingerprint density at radius 1 is 1.00 bits per heavy atom. The Hall–Kier alpha value is -4.27. The smallest absolute Gasteiger partial charge is 0.302 e. The largest absolute Gasteiger partial charge is 0.507 e. The number of halogens is 1. The number of amides is 1. The van der Waals surface area contributed by atoms with E-state index >= 15 is 0 Å². The molecule has 1 saturated heterocycles. The Balaban J connectivity index is 1.96. The van der Waals surface area contributed by atoms with Crippen molar-refractivity contribution in [2.45, 2.75) is 6.04 Å². The third-order valence-corrected chi connectivity index (χ3v) is 5.05. The zero-order chi connectivity index (χ0) is 22.8. The second-order valence-corrected chi connectivity index (χ2v) is 6.84. The number of carbonyl (C=O) groups excluding carboxylic acids is 2. The van der Waals surface area contributed by atoms with E-state index in [1.54, 1.807) is 24.3 Å². The maximum Gasteiger partial charge on any atom is 0.302 e. The maximum atomic E-state index is 13.4. The van der Waals surface area contributed by atoms with Gasteiger partial charge in [0.15, 0.2) is 11.5 Å². The highest BCUT2D eigenvalue weighted by Gasteiger charge is 2.48. The van der Waals surface area contributed by atoms with Crippen LogP contribution < -0.4 is 14.4 Å².